The van der Waals surface area contributed by atoms with Crippen LogP contribution in [0.5, 0.6) is 0 Å². The number of hydrogen-bond acceptors (Lipinski definition) is 5. The van der Waals surface area contributed by atoms with Gasteiger partial charge in [0.1, 0.15) is 6.61 Å². The lowest BCUT2D eigenvalue weighted by Crippen LogP contribution is -2.35. The molecule has 0 atom stereocenters. The monoisotopic (exact) mass is 355 g/mol. The summed E-state index contributed by atoms with van der Waals surface area (Å²) in [5.74, 6) is -1.59. The molecule has 6 nitrogen and oxygen atoms in total. The second kappa shape index (κ2) is 6.83. The van der Waals surface area contributed by atoms with E-state index in [0.717, 1.165) is 18.4 Å². The molecule has 25 heavy (non-hydrogen) atoms. The van der Waals surface area contributed by atoms with Crippen LogP contribution in [0.25, 0.3) is 11.4 Å². The van der Waals surface area contributed by atoms with Crippen LogP contribution in [-0.4, -0.2) is 40.7 Å². The molecule has 1 fully saturated rings. The number of ether oxygens (including phenoxy) is 1. The fourth-order valence-electron chi connectivity index (χ4n) is 2.43. The van der Waals surface area contributed by atoms with Crippen LogP contribution in [0.15, 0.2) is 28.8 Å². The molecule has 0 bridgehead atoms. The molecule has 1 saturated carbocycles. The Kier molecular flexibility index (Phi) is 4.76. The fraction of sp³-hybridized carbons (Fsp3) is 0.438. The minimum Gasteiger partial charge on any atom is -0.375 e. The minimum atomic E-state index is -4.67. The Morgan fingerprint density at radius 3 is 2.52 bits per heavy atom. The van der Waals surface area contributed by atoms with Crippen molar-refractivity contribution in [2.24, 2.45) is 0 Å². The zero-order valence-corrected chi connectivity index (χ0v) is 13.4. The van der Waals surface area contributed by atoms with Gasteiger partial charge in [-0.25, -0.2) is 0 Å². The number of benzene rings is 1. The third kappa shape index (κ3) is 4.16. The van der Waals surface area contributed by atoms with Crippen molar-refractivity contribution in [3.05, 3.63) is 35.7 Å². The van der Waals surface area contributed by atoms with E-state index in [-0.39, 0.29) is 24.4 Å². The largest absolute Gasteiger partial charge is 0.471 e. The van der Waals surface area contributed by atoms with E-state index in [1.807, 2.05) is 0 Å². The molecule has 0 N–H and O–H groups in total. The second-order valence-electron chi connectivity index (χ2n) is 5.80. The normalized spacial score (nSPS) is 14.6. The van der Waals surface area contributed by atoms with E-state index in [0.29, 0.717) is 12.1 Å². The van der Waals surface area contributed by atoms with Gasteiger partial charge < -0.3 is 14.2 Å². The van der Waals surface area contributed by atoms with Gasteiger partial charge in [0.2, 0.25) is 11.7 Å². The van der Waals surface area contributed by atoms with Gasteiger partial charge in [-0.1, -0.05) is 29.4 Å². The summed E-state index contributed by atoms with van der Waals surface area (Å²) in [7, 11) is 1.47. The van der Waals surface area contributed by atoms with Crippen molar-refractivity contribution in [3.63, 3.8) is 0 Å². The molecule has 0 radical (unpaired) electrons. The fourth-order valence-corrected chi connectivity index (χ4v) is 2.43. The Balaban J connectivity index is 1.71. The van der Waals surface area contributed by atoms with Crippen LogP contribution in [0, 0.1) is 0 Å². The molecule has 2 aromatic rings. The highest BCUT2D eigenvalue weighted by atomic mass is 19.4. The van der Waals surface area contributed by atoms with Crippen molar-refractivity contribution in [3.8, 4) is 11.4 Å². The number of carbonyl (C=O) groups is 1. The van der Waals surface area contributed by atoms with Gasteiger partial charge in [-0.15, -0.1) is 0 Å². The first-order valence-electron chi connectivity index (χ1n) is 7.67. The van der Waals surface area contributed by atoms with Crippen molar-refractivity contribution in [2.75, 3.05) is 13.7 Å². The van der Waals surface area contributed by atoms with E-state index in [9.17, 15) is 18.0 Å². The summed E-state index contributed by atoms with van der Waals surface area (Å²) in [5, 5.41) is 3.35. The molecule has 1 aliphatic carbocycles. The molecule has 0 unspecified atom stereocenters. The first kappa shape index (κ1) is 17.4. The number of carbonyl (C=O) groups excluding carboxylic acids is 1. The molecular formula is C16H16F3N3O3. The highest BCUT2D eigenvalue weighted by molar-refractivity contribution is 5.78. The zero-order chi connectivity index (χ0) is 18.0. The number of amides is 1. The molecule has 1 amide bonds. The molecule has 0 spiro atoms. The number of aromatic nitrogens is 2. The average Bonchev–Trinajstić information content (AvgIpc) is 3.27. The topological polar surface area (TPSA) is 68.5 Å². The van der Waals surface area contributed by atoms with Gasteiger partial charge in [0.05, 0.1) is 0 Å². The van der Waals surface area contributed by atoms with E-state index in [2.05, 4.69) is 14.7 Å². The van der Waals surface area contributed by atoms with Crippen molar-refractivity contribution in [1.29, 1.82) is 0 Å². The summed E-state index contributed by atoms with van der Waals surface area (Å²) in [6, 6.07) is 6.90. The molecule has 9 heteroatoms. The summed E-state index contributed by atoms with van der Waals surface area (Å²) in [4.78, 5) is 17.2. The van der Waals surface area contributed by atoms with E-state index >= 15 is 0 Å². The summed E-state index contributed by atoms with van der Waals surface area (Å²) in [6.07, 6.45) is -2.73. The lowest BCUT2D eigenvalue weighted by molar-refractivity contribution is -0.159. The van der Waals surface area contributed by atoms with Gasteiger partial charge >= 0.3 is 12.1 Å². The third-order valence-electron chi connectivity index (χ3n) is 3.81. The summed E-state index contributed by atoms with van der Waals surface area (Å²) in [6.45, 7) is 0.449. The standard InChI is InChI=1S/C16H16F3N3O3/c1-24-9-13(23)22(12-6-7-12)8-10-2-4-11(5-3-10)14-20-15(25-21-14)16(17,18)19/h2-5,12H,6-9H2,1H3. The first-order valence-corrected chi connectivity index (χ1v) is 7.67. The van der Waals surface area contributed by atoms with E-state index in [1.165, 1.54) is 7.11 Å². The van der Waals surface area contributed by atoms with Crippen molar-refractivity contribution in [2.45, 2.75) is 31.6 Å². The molecule has 134 valence electrons. The summed E-state index contributed by atoms with van der Waals surface area (Å²) in [5.41, 5.74) is 1.27. The molecule has 3 rings (SSSR count). The van der Waals surface area contributed by atoms with Crippen LogP contribution in [0.4, 0.5) is 13.2 Å². The Labute approximate surface area is 141 Å². The van der Waals surface area contributed by atoms with E-state index in [4.69, 9.17) is 4.74 Å². The highest BCUT2D eigenvalue weighted by Gasteiger charge is 2.38. The lowest BCUT2D eigenvalue weighted by Gasteiger charge is -2.22. The SMILES string of the molecule is COCC(=O)N(Cc1ccc(-c2noc(C(F)(F)F)n2)cc1)C1CC1. The molecule has 1 aliphatic rings. The highest BCUT2D eigenvalue weighted by Crippen LogP contribution is 2.30. The maximum Gasteiger partial charge on any atom is 0.471 e. The molecule has 1 heterocycles. The van der Waals surface area contributed by atoms with Gasteiger partial charge in [0.25, 0.3) is 0 Å². The van der Waals surface area contributed by atoms with Crippen molar-refractivity contribution < 1.29 is 27.2 Å². The van der Waals surface area contributed by atoms with Crippen LogP contribution >= 0.6 is 0 Å². The van der Waals surface area contributed by atoms with Crippen LogP contribution in [-0.2, 0) is 22.3 Å². The van der Waals surface area contributed by atoms with Gasteiger partial charge in [0, 0.05) is 25.3 Å². The zero-order valence-electron chi connectivity index (χ0n) is 13.4. The number of methoxy groups -OCH3 is 1. The first-order chi connectivity index (χ1) is 11.9. The maximum absolute atomic E-state index is 12.5. The van der Waals surface area contributed by atoms with Gasteiger partial charge in [-0.2, -0.15) is 18.2 Å². The van der Waals surface area contributed by atoms with Crippen LogP contribution in [0.1, 0.15) is 24.3 Å². The Morgan fingerprint density at radius 1 is 1.32 bits per heavy atom. The maximum atomic E-state index is 12.5. The Hall–Kier alpha value is -2.42. The third-order valence-corrected chi connectivity index (χ3v) is 3.81. The van der Waals surface area contributed by atoms with Crippen LogP contribution < -0.4 is 0 Å². The molecule has 0 aliphatic heterocycles. The number of alkyl halides is 3. The summed E-state index contributed by atoms with van der Waals surface area (Å²) < 4.78 is 46.6. The quantitative estimate of drug-likeness (QED) is 0.797. The molecular weight excluding hydrogens is 339 g/mol. The minimum absolute atomic E-state index is 0.0255. The number of rotatable bonds is 6. The Bertz CT molecular complexity index is 739. The molecule has 0 saturated heterocycles. The summed E-state index contributed by atoms with van der Waals surface area (Å²) >= 11 is 0. The van der Waals surface area contributed by atoms with Crippen molar-refractivity contribution >= 4 is 5.91 Å². The smallest absolute Gasteiger partial charge is 0.375 e. The van der Waals surface area contributed by atoms with Crippen LogP contribution in [0.2, 0.25) is 0 Å². The predicted molar refractivity (Wildman–Crippen MR) is 80.2 cm³/mol. The number of nitrogens with zero attached hydrogens (tertiary/aromatic N) is 3. The molecule has 1 aromatic heterocycles. The van der Waals surface area contributed by atoms with E-state index in [1.54, 1.807) is 29.2 Å². The lowest BCUT2D eigenvalue weighted by atomic mass is 10.1. The van der Waals surface area contributed by atoms with E-state index < -0.39 is 12.1 Å². The predicted octanol–water partition coefficient (Wildman–Crippen LogP) is 2.89. The Morgan fingerprint density at radius 2 is 2.00 bits per heavy atom. The van der Waals surface area contributed by atoms with Gasteiger partial charge in [-0.3, -0.25) is 4.79 Å². The average molecular weight is 355 g/mol. The second-order valence-corrected chi connectivity index (χ2v) is 5.80. The van der Waals surface area contributed by atoms with Gasteiger partial charge in [-0.05, 0) is 18.4 Å². The van der Waals surface area contributed by atoms with Crippen molar-refractivity contribution in [1.82, 2.24) is 15.0 Å². The van der Waals surface area contributed by atoms with Gasteiger partial charge in [0.15, 0.2) is 0 Å². The number of halogens is 3. The molecule has 1 aromatic carbocycles. The van der Waals surface area contributed by atoms with Crippen LogP contribution in [0.3, 0.4) is 0 Å². The number of hydrogen-bond donors (Lipinski definition) is 0.